The summed E-state index contributed by atoms with van der Waals surface area (Å²) in [4.78, 5) is 18.0. The number of nitrogens with zero attached hydrogens (tertiary/aromatic N) is 2. The van der Waals surface area contributed by atoms with Crippen LogP contribution in [-0.4, -0.2) is 47.7 Å². The molecule has 6 nitrogen and oxygen atoms in total. The van der Waals surface area contributed by atoms with Gasteiger partial charge in [-0.05, 0) is 73.5 Å². The third kappa shape index (κ3) is 6.63. The molecule has 1 aromatic heterocycles. The van der Waals surface area contributed by atoms with E-state index in [4.69, 9.17) is 10.5 Å². The maximum atomic E-state index is 13.9. The van der Waals surface area contributed by atoms with E-state index in [-0.39, 0.29) is 36.4 Å². The second-order valence-corrected chi connectivity index (χ2v) is 9.66. The molecule has 200 valence electrons. The van der Waals surface area contributed by atoms with Gasteiger partial charge < -0.3 is 15.6 Å². The second-order valence-electron chi connectivity index (χ2n) is 9.66. The number of aromatic nitrogens is 1. The minimum absolute atomic E-state index is 0.0168. The highest BCUT2D eigenvalue weighted by molar-refractivity contribution is 5.84. The van der Waals surface area contributed by atoms with Crippen molar-refractivity contribution in [3.05, 3.63) is 71.2 Å². The number of hydrogen-bond donors (Lipinski definition) is 2. The van der Waals surface area contributed by atoms with Crippen molar-refractivity contribution in [2.75, 3.05) is 26.7 Å². The van der Waals surface area contributed by atoms with E-state index in [1.807, 2.05) is 29.2 Å². The van der Waals surface area contributed by atoms with Crippen LogP contribution >= 0.6 is 0 Å². The van der Waals surface area contributed by atoms with E-state index in [1.54, 1.807) is 13.3 Å². The quantitative estimate of drug-likeness (QED) is 0.321. The van der Waals surface area contributed by atoms with Gasteiger partial charge in [0.15, 0.2) is 11.6 Å². The minimum atomic E-state index is -1.28. The number of nitrogens with two attached hydrogens (primary N) is 1. The summed E-state index contributed by atoms with van der Waals surface area (Å²) in [6.45, 7) is 1.43. The van der Waals surface area contributed by atoms with Gasteiger partial charge >= 0.3 is 5.97 Å². The molecule has 1 saturated heterocycles. The van der Waals surface area contributed by atoms with Crippen molar-refractivity contribution in [1.29, 1.82) is 0 Å². The third-order valence-electron chi connectivity index (χ3n) is 7.16. The lowest BCUT2D eigenvalue weighted by molar-refractivity contribution is -0.139. The van der Waals surface area contributed by atoms with Gasteiger partial charge in [-0.3, -0.25) is 14.7 Å². The molecule has 0 spiro atoms. The molecule has 1 fully saturated rings. The maximum absolute atomic E-state index is 13.9. The number of hydrogen-bond acceptors (Lipinski definition) is 5. The first-order valence-electron chi connectivity index (χ1n) is 12.5. The van der Waals surface area contributed by atoms with Gasteiger partial charge in [0, 0.05) is 36.7 Å². The molecular weight excluding hydrogens is 495 g/mol. The largest absolute Gasteiger partial charge is 0.497 e. The number of ether oxygens (including phenoxy) is 1. The molecule has 9 heteroatoms. The van der Waals surface area contributed by atoms with Gasteiger partial charge in [0.2, 0.25) is 0 Å². The number of carboxylic acids is 1. The van der Waals surface area contributed by atoms with Crippen LogP contribution in [0.15, 0.2) is 42.6 Å². The molecular formula is C29H30F3N3O3. The van der Waals surface area contributed by atoms with E-state index in [2.05, 4.69) is 16.8 Å². The van der Waals surface area contributed by atoms with Crippen molar-refractivity contribution < 1.29 is 27.8 Å². The van der Waals surface area contributed by atoms with E-state index in [1.165, 1.54) is 0 Å². The predicted octanol–water partition coefficient (Wildman–Crippen LogP) is 4.91. The summed E-state index contributed by atoms with van der Waals surface area (Å²) in [5.74, 6) is 1.82. The molecule has 0 amide bonds. The number of carboxylic acid groups (broad SMARTS) is 1. The number of methoxy groups -OCH3 is 1. The Hall–Kier alpha value is -3.61. The number of carbonyl (C=O) groups is 1. The highest BCUT2D eigenvalue weighted by Crippen LogP contribution is 2.34. The van der Waals surface area contributed by atoms with Crippen LogP contribution in [-0.2, 0) is 4.79 Å². The van der Waals surface area contributed by atoms with Gasteiger partial charge in [-0.15, -0.1) is 0 Å². The molecule has 1 aliphatic heterocycles. The molecule has 4 rings (SSSR count). The number of likely N-dealkylation sites (tertiary alicyclic amines) is 1. The molecule has 0 radical (unpaired) electrons. The summed E-state index contributed by atoms with van der Waals surface area (Å²) >= 11 is 0. The topological polar surface area (TPSA) is 88.7 Å². The second kappa shape index (κ2) is 12.3. The van der Waals surface area contributed by atoms with Gasteiger partial charge in [0.25, 0.3) is 0 Å². The number of fused-ring (bicyclic) bond motifs is 1. The Bertz CT molecular complexity index is 1370. The first kappa shape index (κ1) is 27.4. The molecule has 2 heterocycles. The monoisotopic (exact) mass is 525 g/mol. The summed E-state index contributed by atoms with van der Waals surface area (Å²) < 4.78 is 46.0. The SMILES string of the molecule is COc1ccc2nccc([C@H](N)CC[C@@H]3CCN(CC#Cc4cc(F)cc(F)c4F)C[C@@H]3CC(=O)O)c2c1. The van der Waals surface area contributed by atoms with Crippen LogP contribution in [0.2, 0.25) is 0 Å². The lowest BCUT2D eigenvalue weighted by atomic mass is 9.79. The van der Waals surface area contributed by atoms with Crippen LogP contribution in [0.25, 0.3) is 10.9 Å². The third-order valence-corrected chi connectivity index (χ3v) is 7.16. The molecule has 0 unspecified atom stereocenters. The van der Waals surface area contributed by atoms with E-state index in [0.717, 1.165) is 41.1 Å². The minimum Gasteiger partial charge on any atom is -0.497 e. The molecule has 1 aliphatic rings. The van der Waals surface area contributed by atoms with Crippen LogP contribution in [0.5, 0.6) is 5.75 Å². The normalized spacial score (nSPS) is 18.6. The highest BCUT2D eigenvalue weighted by Gasteiger charge is 2.31. The summed E-state index contributed by atoms with van der Waals surface area (Å²) in [5.41, 5.74) is 8.06. The fourth-order valence-electron chi connectivity index (χ4n) is 5.17. The standard InChI is InChI=1S/C29H30F3N3O3/c1-38-22-5-7-27-24(16-22)23(8-10-34-27)26(33)6-4-18-9-12-35(17-20(18)14-28(36)37)11-2-3-19-13-21(30)15-25(31)29(19)32/h5,7-8,10,13,15-16,18,20,26H,4,6,9,11-12,14,17,33H2,1H3,(H,36,37)/t18-,20+,26-/m1/s1. The Balaban J connectivity index is 1.40. The summed E-state index contributed by atoms with van der Waals surface area (Å²) in [5, 5.41) is 10.4. The van der Waals surface area contributed by atoms with Gasteiger partial charge in [0.1, 0.15) is 11.6 Å². The van der Waals surface area contributed by atoms with Crippen molar-refractivity contribution in [2.45, 2.75) is 31.7 Å². The molecule has 38 heavy (non-hydrogen) atoms. The maximum Gasteiger partial charge on any atom is 0.303 e. The van der Waals surface area contributed by atoms with Crippen LogP contribution in [0.3, 0.4) is 0 Å². The van der Waals surface area contributed by atoms with E-state index < -0.39 is 23.4 Å². The van der Waals surface area contributed by atoms with E-state index >= 15 is 0 Å². The van der Waals surface area contributed by atoms with E-state index in [0.29, 0.717) is 25.6 Å². The first-order valence-corrected chi connectivity index (χ1v) is 12.5. The molecule has 3 atom stereocenters. The molecule has 2 aromatic carbocycles. The Morgan fingerprint density at radius 2 is 2.05 bits per heavy atom. The van der Waals surface area contributed by atoms with Gasteiger partial charge in [0.05, 0.1) is 24.7 Å². The number of pyridine rings is 1. The molecule has 3 aromatic rings. The predicted molar refractivity (Wildman–Crippen MR) is 138 cm³/mol. The fourth-order valence-corrected chi connectivity index (χ4v) is 5.17. The molecule has 0 bridgehead atoms. The lowest BCUT2D eigenvalue weighted by Gasteiger charge is -2.37. The number of halogens is 3. The van der Waals surface area contributed by atoms with Crippen LogP contribution in [0.4, 0.5) is 13.2 Å². The smallest absolute Gasteiger partial charge is 0.303 e. The average molecular weight is 526 g/mol. The molecule has 0 aliphatic carbocycles. The van der Waals surface area contributed by atoms with E-state index in [9.17, 15) is 23.1 Å². The zero-order valence-electron chi connectivity index (χ0n) is 21.1. The van der Waals surface area contributed by atoms with Gasteiger partial charge in [-0.2, -0.15) is 0 Å². The molecule has 0 saturated carbocycles. The Kier molecular flexibility index (Phi) is 8.87. The number of rotatable bonds is 8. The summed E-state index contributed by atoms with van der Waals surface area (Å²) in [6, 6.07) is 8.67. The Morgan fingerprint density at radius 3 is 2.82 bits per heavy atom. The zero-order chi connectivity index (χ0) is 27.2. The van der Waals surface area contributed by atoms with Crippen LogP contribution < -0.4 is 10.5 Å². The van der Waals surface area contributed by atoms with Crippen molar-refractivity contribution >= 4 is 16.9 Å². The lowest BCUT2D eigenvalue weighted by Crippen LogP contribution is -2.41. The van der Waals surface area contributed by atoms with Crippen molar-refractivity contribution in [3.8, 4) is 17.6 Å². The Morgan fingerprint density at radius 1 is 1.24 bits per heavy atom. The average Bonchev–Trinajstić information content (AvgIpc) is 2.89. The van der Waals surface area contributed by atoms with Gasteiger partial charge in [-0.1, -0.05) is 11.8 Å². The van der Waals surface area contributed by atoms with Crippen LogP contribution in [0.1, 0.15) is 42.9 Å². The van der Waals surface area contributed by atoms with Crippen LogP contribution in [0, 0.1) is 41.1 Å². The van der Waals surface area contributed by atoms with Crippen molar-refractivity contribution in [3.63, 3.8) is 0 Å². The first-order chi connectivity index (χ1) is 18.2. The number of aliphatic carboxylic acids is 1. The number of benzene rings is 2. The summed E-state index contributed by atoms with van der Waals surface area (Å²) in [7, 11) is 1.61. The Labute approximate surface area is 219 Å². The van der Waals surface area contributed by atoms with Crippen molar-refractivity contribution in [2.24, 2.45) is 17.6 Å². The van der Waals surface area contributed by atoms with Crippen molar-refractivity contribution in [1.82, 2.24) is 9.88 Å². The summed E-state index contributed by atoms with van der Waals surface area (Å²) in [6.07, 6.45) is 3.96. The highest BCUT2D eigenvalue weighted by atomic mass is 19.2. The fraction of sp³-hybridized carbons (Fsp3) is 0.379. The number of piperidine rings is 1. The molecule has 3 N–H and O–H groups in total. The zero-order valence-corrected chi connectivity index (χ0v) is 21.1. The van der Waals surface area contributed by atoms with Gasteiger partial charge in [-0.25, -0.2) is 13.2 Å².